The molecule has 0 radical (unpaired) electrons. The average Bonchev–Trinajstić information content (AvgIpc) is 3.95. The molecule has 6 rings (SSSR count). The van der Waals surface area contributed by atoms with E-state index in [1.807, 2.05) is 26.0 Å². The van der Waals surface area contributed by atoms with Crippen LogP contribution < -0.4 is 15.4 Å². The van der Waals surface area contributed by atoms with Crippen molar-refractivity contribution in [3.8, 4) is 0 Å². The molecule has 2 aliphatic carbocycles. The van der Waals surface area contributed by atoms with E-state index in [-0.39, 0.29) is 31.4 Å². The maximum absolute atomic E-state index is 14.4. The molecular weight excluding hydrogens is 691 g/mol. The van der Waals surface area contributed by atoms with E-state index < -0.39 is 80.2 Å². The number of aryl methyl sites for hydroxylation is 1. The average molecular weight is 742 g/mol. The highest BCUT2D eigenvalue weighted by Crippen LogP contribution is 2.45. The Labute approximate surface area is 305 Å². The highest BCUT2D eigenvalue weighted by Gasteiger charge is 2.62. The van der Waals surface area contributed by atoms with E-state index in [1.165, 1.54) is 11.0 Å². The number of nitrogens with one attached hydrogen (secondary N) is 3. The van der Waals surface area contributed by atoms with E-state index in [0.717, 1.165) is 36.0 Å². The largest absolute Gasteiger partial charge is 0.449 e. The fourth-order valence-electron chi connectivity index (χ4n) is 7.53. The Morgan fingerprint density at radius 1 is 1.10 bits per heavy atom. The lowest BCUT2D eigenvalue weighted by molar-refractivity contribution is -0.143. The highest BCUT2D eigenvalue weighted by molar-refractivity contribution is 7.91. The number of nitrogens with zero attached hydrogens (tertiary/aromatic N) is 2. The lowest BCUT2D eigenvalue weighted by Crippen LogP contribution is -2.60. The summed E-state index contributed by atoms with van der Waals surface area (Å²) < 4.78 is 39.1. The quantitative estimate of drug-likeness (QED) is 0.369. The summed E-state index contributed by atoms with van der Waals surface area (Å²) in [7, 11) is -3.91. The predicted molar refractivity (Wildman–Crippen MR) is 190 cm³/mol. The van der Waals surface area contributed by atoms with Gasteiger partial charge in [0.05, 0.1) is 18.4 Å². The molecule has 3 heterocycles. The molecule has 3 aliphatic heterocycles. The van der Waals surface area contributed by atoms with Crippen LogP contribution in [0.1, 0.15) is 89.8 Å². The van der Waals surface area contributed by atoms with Gasteiger partial charge in [-0.15, -0.1) is 6.58 Å². The number of fused-ring (bicyclic) bond motifs is 3. The molecule has 52 heavy (non-hydrogen) atoms. The molecule has 5 atom stereocenters. The van der Waals surface area contributed by atoms with Gasteiger partial charge in [-0.2, -0.15) is 0 Å². The molecule has 2 saturated carbocycles. The number of hydrogen-bond donors (Lipinski definition) is 3. The van der Waals surface area contributed by atoms with Crippen molar-refractivity contribution in [1.82, 2.24) is 25.2 Å². The first-order valence-corrected chi connectivity index (χ1v) is 19.7. The molecule has 0 aromatic heterocycles. The zero-order valence-corrected chi connectivity index (χ0v) is 31.5. The van der Waals surface area contributed by atoms with Gasteiger partial charge < -0.3 is 25.0 Å². The fraction of sp³-hybridized carbons (Fsp3) is 0.649. The Kier molecular flexibility index (Phi) is 9.90. The Hall–Kier alpha value is -4.14. The molecule has 1 aromatic rings. The normalized spacial score (nSPS) is 29.4. The molecule has 1 unspecified atom stereocenters. The number of cyclic esters (lactones) is 1. The van der Waals surface area contributed by atoms with Crippen molar-refractivity contribution in [2.75, 3.05) is 13.2 Å². The second-order valence-corrected chi connectivity index (χ2v) is 18.8. The second kappa shape index (κ2) is 13.7. The Balaban J connectivity index is 1.29. The number of ether oxygens (including phenoxy) is 2. The number of carbonyl (C=O) groups is 5. The molecule has 4 bridgehead atoms. The number of alkyl carbamates (subject to hydrolysis) is 1. The predicted octanol–water partition coefficient (Wildman–Crippen LogP) is 3.28. The molecule has 3 fully saturated rings. The molecule has 1 aromatic carbocycles. The van der Waals surface area contributed by atoms with Crippen LogP contribution in [0, 0.1) is 16.7 Å². The van der Waals surface area contributed by atoms with Gasteiger partial charge in [-0.3, -0.25) is 24.0 Å². The summed E-state index contributed by atoms with van der Waals surface area (Å²) in [5.41, 5.74) is 0.488. The van der Waals surface area contributed by atoms with E-state index in [0.29, 0.717) is 25.9 Å². The third-order valence-corrected chi connectivity index (χ3v) is 12.8. The van der Waals surface area contributed by atoms with Crippen LogP contribution in [-0.2, 0) is 53.4 Å². The number of carbonyl (C=O) groups excluding carboxylic acids is 5. The zero-order valence-electron chi connectivity index (χ0n) is 30.7. The van der Waals surface area contributed by atoms with Crippen molar-refractivity contribution in [2.24, 2.45) is 16.7 Å². The van der Waals surface area contributed by atoms with Crippen LogP contribution in [0.25, 0.3) is 0 Å². The smallest absolute Gasteiger partial charge is 0.410 e. The molecule has 3 N–H and O–H groups in total. The lowest BCUT2D eigenvalue weighted by Gasteiger charge is -2.35. The van der Waals surface area contributed by atoms with Gasteiger partial charge in [0.2, 0.25) is 21.8 Å². The van der Waals surface area contributed by atoms with Crippen molar-refractivity contribution in [2.45, 2.75) is 122 Å². The van der Waals surface area contributed by atoms with E-state index in [1.54, 1.807) is 25.7 Å². The minimum Gasteiger partial charge on any atom is -0.449 e. The van der Waals surface area contributed by atoms with E-state index in [9.17, 15) is 32.4 Å². The molecule has 15 heteroatoms. The number of hydrogen-bond acceptors (Lipinski definition) is 9. The van der Waals surface area contributed by atoms with Crippen molar-refractivity contribution >= 4 is 39.9 Å². The van der Waals surface area contributed by atoms with Crippen LogP contribution in [0.4, 0.5) is 9.59 Å². The Morgan fingerprint density at radius 2 is 1.81 bits per heavy atom. The van der Waals surface area contributed by atoms with Crippen molar-refractivity contribution in [1.29, 1.82) is 0 Å². The molecule has 5 aliphatic rings. The maximum Gasteiger partial charge on any atom is 0.410 e. The van der Waals surface area contributed by atoms with Gasteiger partial charge in [-0.25, -0.2) is 18.0 Å². The summed E-state index contributed by atoms with van der Waals surface area (Å²) in [6.07, 6.45) is 2.58. The monoisotopic (exact) mass is 741 g/mol. The molecule has 0 spiro atoms. The van der Waals surface area contributed by atoms with Gasteiger partial charge in [0, 0.05) is 25.4 Å². The number of rotatable bonds is 6. The van der Waals surface area contributed by atoms with Gasteiger partial charge in [-0.05, 0) is 66.0 Å². The standard InChI is InChI=1S/C37H51N5O9S/c1-7-24-17-37(24,32(45)40-52(48,49)26-13-14-26)39-30(43)28-16-25-19-42(28)31(44)29(35(2,3)4)38-33(46)50-21-36(5,6)15-9-12-22-10-8-11-23-18-41(20-27(22)23)34(47)51-25/h7-8,10-11,24-26,28-29H,1,9,12-21H2,2-6H3,(H,38,46)(H,39,43)(H,40,45)/t24?,25-,28+,29-,37-/m1/s1. The molecule has 14 nitrogen and oxygen atoms in total. The van der Waals surface area contributed by atoms with E-state index in [4.69, 9.17) is 9.47 Å². The van der Waals surface area contributed by atoms with Crippen LogP contribution in [0.3, 0.4) is 0 Å². The summed E-state index contributed by atoms with van der Waals surface area (Å²) in [6, 6.07) is 3.69. The Bertz CT molecular complexity index is 1770. The maximum atomic E-state index is 14.4. The number of sulfonamides is 1. The SMILES string of the molecule is C=CC1C[C@]1(NC(=O)[C@@H]1C[C@@H]2CN1C(=O)[C@H](C(C)(C)C)NC(=O)OCC(C)(C)CCCc1cccc3c1CN(C3)C(=O)O2)C(=O)NS(=O)(=O)C1CC1. The molecule has 284 valence electrons. The number of amides is 5. The van der Waals surface area contributed by atoms with Crippen molar-refractivity contribution in [3.63, 3.8) is 0 Å². The molecular formula is C37H51N5O9S. The van der Waals surface area contributed by atoms with Crippen LogP contribution in [0.5, 0.6) is 0 Å². The van der Waals surface area contributed by atoms with Crippen molar-refractivity contribution in [3.05, 3.63) is 47.5 Å². The highest BCUT2D eigenvalue weighted by atomic mass is 32.2. The number of benzene rings is 1. The summed E-state index contributed by atoms with van der Waals surface area (Å²) >= 11 is 0. The Morgan fingerprint density at radius 3 is 2.46 bits per heavy atom. The zero-order chi connectivity index (χ0) is 37.8. The summed E-state index contributed by atoms with van der Waals surface area (Å²) in [5.74, 6) is -2.71. The summed E-state index contributed by atoms with van der Waals surface area (Å²) in [5, 5.41) is 4.83. The molecule has 5 amide bonds. The third-order valence-electron chi connectivity index (χ3n) is 11.0. The van der Waals surface area contributed by atoms with Crippen LogP contribution >= 0.6 is 0 Å². The van der Waals surface area contributed by atoms with E-state index >= 15 is 0 Å². The lowest BCUT2D eigenvalue weighted by atomic mass is 9.85. The third kappa shape index (κ3) is 7.79. The first-order valence-electron chi connectivity index (χ1n) is 18.1. The van der Waals surface area contributed by atoms with Gasteiger partial charge in [-0.1, -0.05) is 58.9 Å². The second-order valence-electron chi connectivity index (χ2n) is 16.9. The molecule has 1 saturated heterocycles. The minimum atomic E-state index is -3.91. The minimum absolute atomic E-state index is 0.0817. The fourth-order valence-corrected chi connectivity index (χ4v) is 8.89. The van der Waals surface area contributed by atoms with Gasteiger partial charge >= 0.3 is 12.2 Å². The van der Waals surface area contributed by atoms with Crippen LogP contribution in [0.2, 0.25) is 0 Å². The first-order chi connectivity index (χ1) is 24.3. The van der Waals surface area contributed by atoms with Crippen LogP contribution in [-0.4, -0.2) is 90.3 Å². The van der Waals surface area contributed by atoms with Gasteiger partial charge in [0.1, 0.15) is 23.7 Å². The van der Waals surface area contributed by atoms with Gasteiger partial charge in [0.25, 0.3) is 5.91 Å². The first kappa shape index (κ1) is 37.6. The summed E-state index contributed by atoms with van der Waals surface area (Å²) in [6.45, 7) is 13.8. The topological polar surface area (TPSA) is 181 Å². The van der Waals surface area contributed by atoms with Crippen LogP contribution in [0.15, 0.2) is 30.9 Å². The van der Waals surface area contributed by atoms with E-state index in [2.05, 4.69) is 28.0 Å². The van der Waals surface area contributed by atoms with Gasteiger partial charge in [0.15, 0.2) is 0 Å². The summed E-state index contributed by atoms with van der Waals surface area (Å²) in [4.78, 5) is 71.8. The van der Waals surface area contributed by atoms with Crippen molar-refractivity contribution < 1.29 is 41.9 Å².